The molecule has 0 amide bonds. The topological polar surface area (TPSA) is 110 Å². The van der Waals surface area contributed by atoms with E-state index in [0.717, 1.165) is 22.6 Å². The standard InChI is InChI=1S/C20H14ClN5O3S2/c1-26-8-6-17(24-26)13-2-4-19(16(21)11-13)29-18-5-3-15(10-14(18)12-22)31(27,28)25-20-23-7-9-30-20/h2-11H,1H3,(H,23,25). The minimum atomic E-state index is -3.89. The molecule has 2 aromatic heterocycles. The molecule has 156 valence electrons. The first-order valence-electron chi connectivity index (χ1n) is 8.79. The maximum absolute atomic E-state index is 12.5. The fraction of sp³-hybridized carbons (Fsp3) is 0.0500. The molecule has 4 rings (SSSR count). The van der Waals surface area contributed by atoms with Crippen molar-refractivity contribution in [3.63, 3.8) is 0 Å². The highest BCUT2D eigenvalue weighted by Gasteiger charge is 2.19. The molecule has 2 aromatic carbocycles. The largest absolute Gasteiger partial charge is 0.454 e. The van der Waals surface area contributed by atoms with Crippen molar-refractivity contribution in [3.8, 4) is 28.8 Å². The average Bonchev–Trinajstić information content (AvgIpc) is 3.41. The highest BCUT2D eigenvalue weighted by atomic mass is 35.5. The Balaban J connectivity index is 1.60. The molecule has 0 saturated heterocycles. The van der Waals surface area contributed by atoms with Crippen LogP contribution >= 0.6 is 22.9 Å². The zero-order chi connectivity index (χ0) is 22.0. The summed E-state index contributed by atoms with van der Waals surface area (Å²) < 4.78 is 34.9. The molecule has 4 aromatic rings. The number of benzene rings is 2. The fourth-order valence-corrected chi connectivity index (χ4v) is 4.76. The van der Waals surface area contributed by atoms with E-state index in [1.165, 1.54) is 24.4 Å². The third-order valence-electron chi connectivity index (χ3n) is 4.20. The maximum Gasteiger partial charge on any atom is 0.263 e. The third kappa shape index (κ3) is 4.54. The summed E-state index contributed by atoms with van der Waals surface area (Å²) in [5.74, 6) is 0.512. The van der Waals surface area contributed by atoms with E-state index < -0.39 is 10.0 Å². The van der Waals surface area contributed by atoms with Gasteiger partial charge in [-0.1, -0.05) is 11.6 Å². The van der Waals surface area contributed by atoms with Crippen LogP contribution in [0.1, 0.15) is 5.56 Å². The number of anilines is 1. The predicted molar refractivity (Wildman–Crippen MR) is 118 cm³/mol. The molecule has 0 atom stereocenters. The fourth-order valence-electron chi connectivity index (χ4n) is 2.73. The van der Waals surface area contributed by atoms with Crippen LogP contribution in [-0.4, -0.2) is 23.2 Å². The Morgan fingerprint density at radius 2 is 2.00 bits per heavy atom. The summed E-state index contributed by atoms with van der Waals surface area (Å²) in [5, 5.41) is 16.1. The lowest BCUT2D eigenvalue weighted by atomic mass is 10.1. The van der Waals surface area contributed by atoms with E-state index in [1.54, 1.807) is 28.3 Å². The molecule has 0 unspecified atom stereocenters. The molecule has 0 bridgehead atoms. The van der Waals surface area contributed by atoms with Gasteiger partial charge >= 0.3 is 0 Å². The molecule has 2 heterocycles. The van der Waals surface area contributed by atoms with Crippen LogP contribution in [0.5, 0.6) is 11.5 Å². The van der Waals surface area contributed by atoms with Gasteiger partial charge in [-0.15, -0.1) is 11.3 Å². The number of nitriles is 1. The van der Waals surface area contributed by atoms with Crippen LogP contribution in [0.2, 0.25) is 5.02 Å². The number of aryl methyl sites for hydroxylation is 1. The number of thiazole rings is 1. The van der Waals surface area contributed by atoms with Gasteiger partial charge in [0.1, 0.15) is 17.6 Å². The number of aromatic nitrogens is 3. The Labute approximate surface area is 187 Å². The highest BCUT2D eigenvalue weighted by molar-refractivity contribution is 7.93. The molecule has 31 heavy (non-hydrogen) atoms. The van der Waals surface area contributed by atoms with Gasteiger partial charge in [0.15, 0.2) is 5.13 Å². The summed E-state index contributed by atoms with van der Waals surface area (Å²) in [6.07, 6.45) is 3.31. The number of nitrogens with one attached hydrogen (secondary N) is 1. The molecule has 0 fully saturated rings. The van der Waals surface area contributed by atoms with E-state index >= 15 is 0 Å². The van der Waals surface area contributed by atoms with Gasteiger partial charge in [0.25, 0.3) is 10.0 Å². The first kappa shape index (κ1) is 20.9. The van der Waals surface area contributed by atoms with Gasteiger partial charge in [-0.3, -0.25) is 9.40 Å². The van der Waals surface area contributed by atoms with Crippen molar-refractivity contribution in [2.24, 2.45) is 7.05 Å². The zero-order valence-electron chi connectivity index (χ0n) is 16.0. The lowest BCUT2D eigenvalue weighted by molar-refractivity contribution is 0.481. The molecule has 0 aliphatic rings. The molecule has 0 radical (unpaired) electrons. The Bertz CT molecular complexity index is 1390. The van der Waals surface area contributed by atoms with Crippen LogP contribution in [0.3, 0.4) is 0 Å². The summed E-state index contributed by atoms with van der Waals surface area (Å²) in [6, 6.07) is 13.0. The summed E-state index contributed by atoms with van der Waals surface area (Å²) in [5.41, 5.74) is 1.62. The van der Waals surface area contributed by atoms with E-state index in [0.29, 0.717) is 10.8 Å². The predicted octanol–water partition coefficient (Wildman–Crippen LogP) is 4.66. The second kappa shape index (κ2) is 8.39. The molecule has 0 aliphatic heterocycles. The van der Waals surface area contributed by atoms with Gasteiger partial charge in [0.05, 0.1) is 21.2 Å². The average molecular weight is 472 g/mol. The van der Waals surface area contributed by atoms with Crippen LogP contribution < -0.4 is 9.46 Å². The smallest absolute Gasteiger partial charge is 0.263 e. The normalized spacial score (nSPS) is 11.1. The first-order chi connectivity index (χ1) is 14.9. The van der Waals surface area contributed by atoms with Crippen LogP contribution in [0.4, 0.5) is 5.13 Å². The van der Waals surface area contributed by atoms with E-state index in [9.17, 15) is 13.7 Å². The lowest BCUT2D eigenvalue weighted by Crippen LogP contribution is -2.13. The van der Waals surface area contributed by atoms with Crippen LogP contribution in [-0.2, 0) is 17.1 Å². The third-order valence-corrected chi connectivity index (χ3v) is 6.65. The van der Waals surface area contributed by atoms with Crippen molar-refractivity contribution in [2.45, 2.75) is 4.90 Å². The minimum Gasteiger partial charge on any atom is -0.454 e. The van der Waals surface area contributed by atoms with Gasteiger partial charge in [-0.05, 0) is 42.5 Å². The second-order valence-electron chi connectivity index (χ2n) is 6.33. The number of hydrogen-bond donors (Lipinski definition) is 1. The molecule has 1 N–H and O–H groups in total. The number of nitrogens with zero attached hydrogens (tertiary/aromatic N) is 4. The summed E-state index contributed by atoms with van der Waals surface area (Å²) in [4.78, 5) is 3.82. The number of sulfonamides is 1. The Hall–Kier alpha value is -3.39. The second-order valence-corrected chi connectivity index (χ2v) is 9.32. The highest BCUT2D eigenvalue weighted by Crippen LogP contribution is 2.35. The SMILES string of the molecule is Cn1ccc(-c2ccc(Oc3ccc(S(=O)(=O)Nc4nccs4)cc3C#N)c(Cl)c2)n1. The van der Waals surface area contributed by atoms with Gasteiger partial charge in [0, 0.05) is 30.4 Å². The Morgan fingerprint density at radius 3 is 2.65 bits per heavy atom. The van der Waals surface area contributed by atoms with Gasteiger partial charge in [-0.25, -0.2) is 13.4 Å². The van der Waals surface area contributed by atoms with Crippen LogP contribution in [0, 0.1) is 11.3 Å². The first-order valence-corrected chi connectivity index (χ1v) is 11.5. The van der Waals surface area contributed by atoms with Gasteiger partial charge in [-0.2, -0.15) is 10.4 Å². The monoisotopic (exact) mass is 471 g/mol. The van der Waals surface area contributed by atoms with Gasteiger partial charge in [0.2, 0.25) is 0 Å². The van der Waals surface area contributed by atoms with Crippen molar-refractivity contribution in [1.29, 1.82) is 5.26 Å². The zero-order valence-corrected chi connectivity index (χ0v) is 18.4. The molecule has 0 saturated carbocycles. The lowest BCUT2D eigenvalue weighted by Gasteiger charge is -2.11. The van der Waals surface area contributed by atoms with Crippen molar-refractivity contribution in [2.75, 3.05) is 4.72 Å². The van der Waals surface area contributed by atoms with E-state index in [-0.39, 0.29) is 21.3 Å². The number of hydrogen-bond acceptors (Lipinski definition) is 7. The number of rotatable bonds is 6. The van der Waals surface area contributed by atoms with Gasteiger partial charge < -0.3 is 4.74 Å². The minimum absolute atomic E-state index is 0.0480. The van der Waals surface area contributed by atoms with Crippen molar-refractivity contribution in [1.82, 2.24) is 14.8 Å². The molecular weight excluding hydrogens is 458 g/mol. The van der Waals surface area contributed by atoms with Crippen LogP contribution in [0.25, 0.3) is 11.3 Å². The van der Waals surface area contributed by atoms with Crippen molar-refractivity contribution >= 4 is 38.1 Å². The summed E-state index contributed by atoms with van der Waals surface area (Å²) in [6.45, 7) is 0. The molecule has 0 aliphatic carbocycles. The van der Waals surface area contributed by atoms with Crippen molar-refractivity contribution in [3.05, 3.63) is 70.8 Å². The molecular formula is C20H14ClN5O3S2. The van der Waals surface area contributed by atoms with Crippen molar-refractivity contribution < 1.29 is 13.2 Å². The Morgan fingerprint density at radius 1 is 1.19 bits per heavy atom. The molecule has 8 nitrogen and oxygen atoms in total. The molecule has 0 spiro atoms. The van der Waals surface area contributed by atoms with E-state index in [4.69, 9.17) is 16.3 Å². The summed E-state index contributed by atoms with van der Waals surface area (Å²) >= 11 is 7.51. The Kier molecular flexibility index (Phi) is 5.65. The summed E-state index contributed by atoms with van der Waals surface area (Å²) in [7, 11) is -2.07. The number of halogens is 1. The quantitative estimate of drug-likeness (QED) is 0.438. The maximum atomic E-state index is 12.5. The number of ether oxygens (including phenoxy) is 1. The van der Waals surface area contributed by atoms with E-state index in [1.807, 2.05) is 25.4 Å². The molecule has 11 heteroatoms. The van der Waals surface area contributed by atoms with Crippen LogP contribution in [0.15, 0.2) is 65.1 Å². The van der Waals surface area contributed by atoms with E-state index in [2.05, 4.69) is 14.8 Å².